The van der Waals surface area contributed by atoms with Gasteiger partial charge >= 0.3 is 0 Å². The first kappa shape index (κ1) is 12.1. The molecule has 0 atom stereocenters. The van der Waals surface area contributed by atoms with E-state index in [9.17, 15) is 0 Å². The van der Waals surface area contributed by atoms with Crippen molar-refractivity contribution in [3.05, 3.63) is 34.9 Å². The maximum Gasteiger partial charge on any atom is 0.0409 e. The van der Waals surface area contributed by atoms with Crippen LogP contribution in [0.1, 0.15) is 5.56 Å². The third kappa shape index (κ3) is 4.23. The van der Waals surface area contributed by atoms with Crippen LogP contribution < -0.4 is 0 Å². The van der Waals surface area contributed by atoms with Gasteiger partial charge in [0.1, 0.15) is 0 Å². The number of rotatable bonds is 2. The van der Waals surface area contributed by atoms with Gasteiger partial charge in [0.25, 0.3) is 0 Å². The molecule has 0 saturated heterocycles. The van der Waals surface area contributed by atoms with Crippen LogP contribution >= 0.6 is 11.6 Å². The van der Waals surface area contributed by atoms with Gasteiger partial charge in [-0.15, -0.1) is 0 Å². The molecule has 1 aromatic rings. The van der Waals surface area contributed by atoms with Crippen LogP contribution in [0.2, 0.25) is 5.02 Å². The minimum atomic E-state index is 0. The summed E-state index contributed by atoms with van der Waals surface area (Å²) in [5.74, 6) is 0. The third-order valence-electron chi connectivity index (χ3n) is 1.31. The molecule has 0 bridgehead atoms. The standard InChI is InChI=1S/C9H11ClN.Pd/c1-11(2)7-8-4-3-5-9(10)6-8;/h3,5-6H,7H2,1-2H3;. The van der Waals surface area contributed by atoms with E-state index in [4.69, 9.17) is 11.6 Å². The van der Waals surface area contributed by atoms with Crippen molar-refractivity contribution in [3.8, 4) is 0 Å². The Labute approximate surface area is 92.4 Å². The summed E-state index contributed by atoms with van der Waals surface area (Å²) in [5, 5.41) is 0.778. The molecule has 69 valence electrons. The van der Waals surface area contributed by atoms with Gasteiger partial charge in [-0.05, 0) is 37.9 Å². The van der Waals surface area contributed by atoms with Crippen molar-refractivity contribution in [2.45, 2.75) is 6.54 Å². The molecule has 0 fully saturated rings. The average molecular weight is 275 g/mol. The molecular weight excluding hydrogens is 264 g/mol. The largest absolute Gasteiger partial charge is 0.305 e. The van der Waals surface area contributed by atoms with Crippen molar-refractivity contribution in [1.29, 1.82) is 0 Å². The SMILES string of the molecule is CN(C)Cc1[c]ccc(Cl)c1.[Pd]. The summed E-state index contributed by atoms with van der Waals surface area (Å²) < 4.78 is 0. The smallest absolute Gasteiger partial charge is 0.0409 e. The van der Waals surface area contributed by atoms with Crippen LogP contribution in [0.25, 0.3) is 0 Å². The molecule has 12 heavy (non-hydrogen) atoms. The summed E-state index contributed by atoms with van der Waals surface area (Å²) in [6.07, 6.45) is 0. The fourth-order valence-corrected chi connectivity index (χ4v) is 1.11. The molecule has 0 amide bonds. The minimum Gasteiger partial charge on any atom is -0.305 e. The number of nitrogens with zero attached hydrogens (tertiary/aromatic N) is 1. The average Bonchev–Trinajstić information content (AvgIpc) is 1.85. The molecular formula is C9H11ClNPd. The predicted octanol–water partition coefficient (Wildman–Crippen LogP) is 2.20. The van der Waals surface area contributed by atoms with Gasteiger partial charge in [0, 0.05) is 32.0 Å². The Morgan fingerprint density at radius 2 is 2.17 bits per heavy atom. The first-order valence-corrected chi connectivity index (χ1v) is 3.87. The van der Waals surface area contributed by atoms with Crippen molar-refractivity contribution >= 4 is 11.6 Å². The Bertz CT molecular complexity index is 238. The molecule has 0 aromatic heterocycles. The summed E-state index contributed by atoms with van der Waals surface area (Å²) in [4.78, 5) is 2.09. The maximum absolute atomic E-state index is 5.79. The second-order valence-electron chi connectivity index (χ2n) is 2.77. The predicted molar refractivity (Wildman–Crippen MR) is 47.7 cm³/mol. The van der Waals surface area contributed by atoms with Gasteiger partial charge in [0.2, 0.25) is 0 Å². The molecule has 1 radical (unpaired) electrons. The maximum atomic E-state index is 5.79. The van der Waals surface area contributed by atoms with E-state index < -0.39 is 0 Å². The number of benzene rings is 1. The van der Waals surface area contributed by atoms with Crippen LogP contribution in [0.15, 0.2) is 18.2 Å². The molecule has 0 spiro atoms. The Balaban J connectivity index is 0.00000121. The van der Waals surface area contributed by atoms with Crippen LogP contribution in [0.5, 0.6) is 0 Å². The molecule has 0 aliphatic carbocycles. The summed E-state index contributed by atoms with van der Waals surface area (Å²) in [6, 6.07) is 8.73. The summed E-state index contributed by atoms with van der Waals surface area (Å²) in [6.45, 7) is 0.889. The molecule has 0 saturated carbocycles. The molecule has 0 aliphatic rings. The van der Waals surface area contributed by atoms with Gasteiger partial charge in [-0.25, -0.2) is 0 Å². The molecule has 1 nitrogen and oxygen atoms in total. The zero-order valence-corrected chi connectivity index (χ0v) is 9.39. The topological polar surface area (TPSA) is 3.24 Å². The van der Waals surface area contributed by atoms with E-state index in [2.05, 4.69) is 11.0 Å². The zero-order valence-electron chi connectivity index (χ0n) is 7.08. The van der Waals surface area contributed by atoms with Crippen LogP contribution in [0, 0.1) is 6.07 Å². The van der Waals surface area contributed by atoms with Crippen molar-refractivity contribution in [3.63, 3.8) is 0 Å². The number of hydrogen-bond donors (Lipinski definition) is 0. The van der Waals surface area contributed by atoms with Gasteiger partial charge in [0.15, 0.2) is 0 Å². The van der Waals surface area contributed by atoms with E-state index in [1.165, 1.54) is 0 Å². The van der Waals surface area contributed by atoms with E-state index in [0.717, 1.165) is 17.1 Å². The molecule has 1 rings (SSSR count). The first-order valence-electron chi connectivity index (χ1n) is 3.49. The molecule has 0 heterocycles. The van der Waals surface area contributed by atoms with Gasteiger partial charge in [-0.2, -0.15) is 0 Å². The van der Waals surface area contributed by atoms with Gasteiger partial charge < -0.3 is 4.90 Å². The van der Waals surface area contributed by atoms with Crippen LogP contribution in [-0.2, 0) is 27.0 Å². The second-order valence-corrected chi connectivity index (χ2v) is 3.21. The quantitative estimate of drug-likeness (QED) is 0.748. The Morgan fingerprint density at radius 1 is 1.50 bits per heavy atom. The fourth-order valence-electron chi connectivity index (χ4n) is 0.917. The van der Waals surface area contributed by atoms with E-state index >= 15 is 0 Å². The summed E-state index contributed by atoms with van der Waals surface area (Å²) in [7, 11) is 4.05. The summed E-state index contributed by atoms with van der Waals surface area (Å²) >= 11 is 5.79. The van der Waals surface area contributed by atoms with Gasteiger partial charge in [-0.1, -0.05) is 17.7 Å². The molecule has 1 aromatic carbocycles. The van der Waals surface area contributed by atoms with E-state index in [1.54, 1.807) is 0 Å². The molecule has 0 unspecified atom stereocenters. The molecule has 3 heteroatoms. The van der Waals surface area contributed by atoms with Crippen LogP contribution in [-0.4, -0.2) is 19.0 Å². The van der Waals surface area contributed by atoms with Crippen molar-refractivity contribution < 1.29 is 20.4 Å². The third-order valence-corrected chi connectivity index (χ3v) is 1.55. The Hall–Kier alpha value is 0.132. The minimum absolute atomic E-state index is 0. The van der Waals surface area contributed by atoms with Crippen molar-refractivity contribution in [1.82, 2.24) is 4.90 Å². The molecule has 0 N–H and O–H groups in total. The molecule has 0 aliphatic heterocycles. The Morgan fingerprint density at radius 3 is 2.67 bits per heavy atom. The van der Waals surface area contributed by atoms with E-state index in [-0.39, 0.29) is 20.4 Å². The summed E-state index contributed by atoms with van der Waals surface area (Å²) in [5.41, 5.74) is 1.13. The zero-order chi connectivity index (χ0) is 8.27. The van der Waals surface area contributed by atoms with Crippen LogP contribution in [0.3, 0.4) is 0 Å². The van der Waals surface area contributed by atoms with Crippen molar-refractivity contribution in [2.75, 3.05) is 14.1 Å². The van der Waals surface area contributed by atoms with Crippen molar-refractivity contribution in [2.24, 2.45) is 0 Å². The number of halogens is 1. The van der Waals surface area contributed by atoms with Crippen LogP contribution in [0.4, 0.5) is 0 Å². The fraction of sp³-hybridized carbons (Fsp3) is 0.333. The number of hydrogen-bond acceptors (Lipinski definition) is 1. The van der Waals surface area contributed by atoms with Gasteiger partial charge in [0.05, 0.1) is 0 Å². The Kier molecular flexibility index (Phi) is 5.79. The monoisotopic (exact) mass is 274 g/mol. The van der Waals surface area contributed by atoms with Gasteiger partial charge in [-0.3, -0.25) is 0 Å². The van der Waals surface area contributed by atoms with E-state index in [0.29, 0.717) is 0 Å². The normalized spacial score (nSPS) is 9.67. The van der Waals surface area contributed by atoms with E-state index in [1.807, 2.05) is 32.3 Å². The first-order chi connectivity index (χ1) is 5.18. The second kappa shape index (κ2) is 5.72.